The van der Waals surface area contributed by atoms with Gasteiger partial charge in [-0.15, -0.1) is 0 Å². The van der Waals surface area contributed by atoms with E-state index >= 15 is 0 Å². The molecule has 0 aliphatic carbocycles. The summed E-state index contributed by atoms with van der Waals surface area (Å²) in [6.45, 7) is 0. The molecule has 0 fully saturated rings. The Kier molecular flexibility index (Phi) is 9.20. The summed E-state index contributed by atoms with van der Waals surface area (Å²) in [5.41, 5.74) is 16.8. The summed E-state index contributed by atoms with van der Waals surface area (Å²) < 4.78 is 6.93. The lowest BCUT2D eigenvalue weighted by molar-refractivity contribution is 0.673. The Morgan fingerprint density at radius 1 is 0.250 bits per heavy atom. The molecule has 0 amide bonds. The van der Waals surface area contributed by atoms with Crippen molar-refractivity contribution in [1.82, 2.24) is 0 Å². The van der Waals surface area contributed by atoms with Crippen LogP contribution in [0.2, 0.25) is 0 Å². The Hall–Kier alpha value is -8.46. The SMILES string of the molecule is c1ccc(-c2ccc(N(c3ccc(-c4ccccc4)cc3)c3ccc(-c4ccc(-c5cc(-c6ccccc6)cc6oc7c8ccccc8c8ccccc8c7c56)cc4)cc3)cc2)cc1. The van der Waals surface area contributed by atoms with Crippen molar-refractivity contribution >= 4 is 60.5 Å². The molecule has 11 aromatic carbocycles. The van der Waals surface area contributed by atoms with Crippen LogP contribution in [-0.4, -0.2) is 0 Å². The van der Waals surface area contributed by atoms with Gasteiger partial charge in [-0.1, -0.05) is 200 Å². The summed E-state index contributed by atoms with van der Waals surface area (Å²) in [5.74, 6) is 0. The van der Waals surface area contributed by atoms with Gasteiger partial charge in [0.25, 0.3) is 0 Å². The highest BCUT2D eigenvalue weighted by Gasteiger charge is 2.21. The standard InChI is InChI=1S/C62H41NO/c1-4-14-42(15-5-1)46-28-34-51(35-29-46)63(52-36-30-47(31-37-52)43-16-6-2-7-17-43)53-38-32-48(33-39-53)45-24-26-49(27-25-45)58-40-50(44-18-8-3-9-19-44)41-59-60(58)61-56-22-12-10-20-54(56)55-21-11-13-23-57(55)62(61)64-59/h1-41H. The Labute approximate surface area is 372 Å². The number of hydrogen-bond donors (Lipinski definition) is 0. The first-order chi connectivity index (χ1) is 31.7. The maximum absolute atomic E-state index is 6.93. The summed E-state index contributed by atoms with van der Waals surface area (Å²) in [6, 6.07) is 89.4. The smallest absolute Gasteiger partial charge is 0.143 e. The second kappa shape index (κ2) is 15.8. The number of anilines is 3. The molecule has 0 spiro atoms. The van der Waals surface area contributed by atoms with E-state index in [1.54, 1.807) is 0 Å². The van der Waals surface area contributed by atoms with Gasteiger partial charge in [0, 0.05) is 33.2 Å². The Morgan fingerprint density at radius 2 is 0.594 bits per heavy atom. The van der Waals surface area contributed by atoms with Gasteiger partial charge >= 0.3 is 0 Å². The fraction of sp³-hybridized carbons (Fsp3) is 0. The van der Waals surface area contributed by atoms with Crippen LogP contribution in [0.1, 0.15) is 0 Å². The van der Waals surface area contributed by atoms with Gasteiger partial charge in [-0.3, -0.25) is 0 Å². The second-order valence-electron chi connectivity index (χ2n) is 16.4. The van der Waals surface area contributed by atoms with Crippen LogP contribution < -0.4 is 4.90 Å². The average molecular weight is 816 g/mol. The molecular weight excluding hydrogens is 775 g/mol. The lowest BCUT2D eigenvalue weighted by Gasteiger charge is -2.26. The Bertz CT molecular complexity index is 3510. The maximum atomic E-state index is 6.93. The molecule has 64 heavy (non-hydrogen) atoms. The van der Waals surface area contributed by atoms with Crippen LogP contribution in [0.25, 0.3) is 99.1 Å². The lowest BCUT2D eigenvalue weighted by Crippen LogP contribution is -2.09. The zero-order chi connectivity index (χ0) is 42.4. The van der Waals surface area contributed by atoms with Crippen LogP contribution in [0, 0.1) is 0 Å². The van der Waals surface area contributed by atoms with Crippen LogP contribution in [0.5, 0.6) is 0 Å². The van der Waals surface area contributed by atoms with E-state index < -0.39 is 0 Å². The summed E-state index contributed by atoms with van der Waals surface area (Å²) in [7, 11) is 0. The highest BCUT2D eigenvalue weighted by Crippen LogP contribution is 2.46. The van der Waals surface area contributed by atoms with E-state index in [-0.39, 0.29) is 0 Å². The summed E-state index contributed by atoms with van der Waals surface area (Å²) in [4.78, 5) is 2.34. The number of nitrogens with zero attached hydrogens (tertiary/aromatic N) is 1. The largest absolute Gasteiger partial charge is 0.455 e. The predicted octanol–water partition coefficient (Wildman–Crippen LogP) is 17.7. The van der Waals surface area contributed by atoms with Gasteiger partial charge in [-0.2, -0.15) is 0 Å². The van der Waals surface area contributed by atoms with Crippen molar-refractivity contribution < 1.29 is 4.42 Å². The van der Waals surface area contributed by atoms with Gasteiger partial charge < -0.3 is 9.32 Å². The van der Waals surface area contributed by atoms with Crippen LogP contribution in [-0.2, 0) is 0 Å². The van der Waals surface area contributed by atoms with Crippen molar-refractivity contribution in [3.8, 4) is 55.6 Å². The van der Waals surface area contributed by atoms with Gasteiger partial charge in [0.15, 0.2) is 0 Å². The molecule has 12 aromatic rings. The topological polar surface area (TPSA) is 16.4 Å². The first kappa shape index (κ1) is 37.3. The number of benzene rings is 11. The number of furan rings is 1. The van der Waals surface area contributed by atoms with Crippen molar-refractivity contribution in [2.45, 2.75) is 0 Å². The van der Waals surface area contributed by atoms with Crippen LogP contribution in [0.3, 0.4) is 0 Å². The number of rotatable bonds is 8. The zero-order valence-electron chi connectivity index (χ0n) is 35.0. The molecule has 0 N–H and O–H groups in total. The first-order valence-corrected chi connectivity index (χ1v) is 21.9. The quantitative estimate of drug-likeness (QED) is 0.142. The minimum Gasteiger partial charge on any atom is -0.455 e. The summed E-state index contributed by atoms with van der Waals surface area (Å²) in [6.07, 6.45) is 0. The molecule has 300 valence electrons. The van der Waals surface area contributed by atoms with Crippen molar-refractivity contribution in [3.05, 3.63) is 249 Å². The van der Waals surface area contributed by atoms with Gasteiger partial charge in [0.2, 0.25) is 0 Å². The van der Waals surface area contributed by atoms with Gasteiger partial charge in [0.1, 0.15) is 11.2 Å². The molecule has 0 atom stereocenters. The maximum Gasteiger partial charge on any atom is 0.143 e. The minimum atomic E-state index is 0.890. The second-order valence-corrected chi connectivity index (χ2v) is 16.4. The van der Waals surface area contributed by atoms with Crippen LogP contribution in [0.15, 0.2) is 253 Å². The van der Waals surface area contributed by atoms with E-state index in [4.69, 9.17) is 4.42 Å². The normalized spacial score (nSPS) is 11.4. The average Bonchev–Trinajstić information content (AvgIpc) is 3.78. The molecule has 0 saturated heterocycles. The molecule has 1 aromatic heterocycles. The van der Waals surface area contributed by atoms with E-state index in [2.05, 4.69) is 254 Å². The van der Waals surface area contributed by atoms with Crippen molar-refractivity contribution in [2.75, 3.05) is 4.90 Å². The van der Waals surface area contributed by atoms with Crippen molar-refractivity contribution in [3.63, 3.8) is 0 Å². The van der Waals surface area contributed by atoms with E-state index in [0.717, 1.165) is 77.8 Å². The third-order valence-electron chi connectivity index (χ3n) is 12.7. The lowest BCUT2D eigenvalue weighted by atomic mass is 9.91. The molecule has 1 heterocycles. The predicted molar refractivity (Wildman–Crippen MR) is 271 cm³/mol. The Balaban J connectivity index is 0.936. The molecule has 0 aliphatic rings. The number of fused-ring (bicyclic) bond motifs is 8. The fourth-order valence-electron chi connectivity index (χ4n) is 9.51. The van der Waals surface area contributed by atoms with Gasteiger partial charge in [-0.25, -0.2) is 0 Å². The zero-order valence-corrected chi connectivity index (χ0v) is 35.0. The molecule has 0 radical (unpaired) electrons. The van der Waals surface area contributed by atoms with E-state index in [1.807, 2.05) is 0 Å². The van der Waals surface area contributed by atoms with Crippen molar-refractivity contribution in [2.24, 2.45) is 0 Å². The van der Waals surface area contributed by atoms with E-state index in [1.165, 1.54) is 38.4 Å². The third-order valence-corrected chi connectivity index (χ3v) is 12.7. The van der Waals surface area contributed by atoms with Gasteiger partial charge in [-0.05, 0) is 120 Å². The summed E-state index contributed by atoms with van der Waals surface area (Å²) in [5, 5.41) is 7.07. The monoisotopic (exact) mass is 815 g/mol. The first-order valence-electron chi connectivity index (χ1n) is 21.9. The number of hydrogen-bond acceptors (Lipinski definition) is 2. The van der Waals surface area contributed by atoms with Crippen LogP contribution in [0.4, 0.5) is 17.1 Å². The minimum absolute atomic E-state index is 0.890. The molecule has 2 nitrogen and oxygen atoms in total. The third kappa shape index (κ3) is 6.61. The molecule has 2 heteroatoms. The molecule has 0 unspecified atom stereocenters. The molecule has 12 rings (SSSR count). The van der Waals surface area contributed by atoms with E-state index in [9.17, 15) is 0 Å². The van der Waals surface area contributed by atoms with E-state index in [0.29, 0.717) is 0 Å². The highest BCUT2D eigenvalue weighted by atomic mass is 16.3. The molecular formula is C62H41NO. The molecule has 0 bridgehead atoms. The van der Waals surface area contributed by atoms with Crippen LogP contribution >= 0.6 is 0 Å². The molecule has 0 aliphatic heterocycles. The van der Waals surface area contributed by atoms with Gasteiger partial charge in [0.05, 0.1) is 0 Å². The fourth-order valence-corrected chi connectivity index (χ4v) is 9.51. The Morgan fingerprint density at radius 3 is 1.06 bits per heavy atom. The molecule has 0 saturated carbocycles. The van der Waals surface area contributed by atoms with Crippen molar-refractivity contribution in [1.29, 1.82) is 0 Å². The highest BCUT2D eigenvalue weighted by molar-refractivity contribution is 6.32. The summed E-state index contributed by atoms with van der Waals surface area (Å²) >= 11 is 0.